The van der Waals surface area contributed by atoms with E-state index in [0.717, 1.165) is 18.5 Å². The predicted octanol–water partition coefficient (Wildman–Crippen LogP) is 6.23. The number of carbonyl (C=O) groups excluding carboxylic acids is 1. The molecule has 0 aliphatic rings. The summed E-state index contributed by atoms with van der Waals surface area (Å²) in [6, 6.07) is 23.0. The van der Waals surface area contributed by atoms with Gasteiger partial charge >= 0.3 is 5.97 Å². The number of hydrogen-bond donors (Lipinski definition) is 2. The van der Waals surface area contributed by atoms with Crippen LogP contribution in [0.2, 0.25) is 5.02 Å². The highest BCUT2D eigenvalue weighted by Gasteiger charge is 2.23. The number of carboxylic acid groups (broad SMARTS) is 1. The number of nitrogens with one attached hydrogen (secondary N) is 1. The summed E-state index contributed by atoms with van der Waals surface area (Å²) in [6.45, 7) is 1.33. The average molecular weight is 632 g/mol. The molecule has 0 bridgehead atoms. The van der Waals surface area contributed by atoms with Crippen molar-refractivity contribution in [1.29, 1.82) is 0 Å². The highest BCUT2D eigenvalue weighted by molar-refractivity contribution is 6.32. The fraction of sp³-hybridized carbons (Fsp3) is 0.286. The first-order chi connectivity index (χ1) is 21.7. The van der Waals surface area contributed by atoms with Crippen LogP contribution in [0.5, 0.6) is 17.2 Å². The molecule has 0 fully saturated rings. The number of hydrogen-bond acceptors (Lipinski definition) is 7. The maximum atomic E-state index is 13.6. The predicted molar refractivity (Wildman–Crippen MR) is 176 cm³/mol. The molecule has 1 aromatic heterocycles. The number of aromatic nitrogens is 1. The van der Waals surface area contributed by atoms with E-state index >= 15 is 0 Å². The van der Waals surface area contributed by atoms with Crippen LogP contribution in [0, 0.1) is 0 Å². The molecular weight excluding hydrogens is 594 g/mol. The Morgan fingerprint density at radius 2 is 1.64 bits per heavy atom. The highest BCUT2D eigenvalue weighted by atomic mass is 35.5. The molecule has 0 saturated heterocycles. The third-order valence-corrected chi connectivity index (χ3v) is 7.43. The number of amides is 1. The number of halogens is 1. The molecule has 1 unspecified atom stereocenters. The van der Waals surface area contributed by atoms with Crippen LogP contribution in [0.3, 0.4) is 0 Å². The summed E-state index contributed by atoms with van der Waals surface area (Å²) in [6.07, 6.45) is 0.926. The number of ether oxygens (including phenoxy) is 3. The molecule has 1 heterocycles. The number of carbonyl (C=O) groups is 2. The van der Waals surface area contributed by atoms with Crippen LogP contribution in [-0.2, 0) is 11.2 Å². The molecular formula is C35H38ClN3O6. The molecule has 2 N–H and O–H groups in total. The van der Waals surface area contributed by atoms with Gasteiger partial charge in [-0.05, 0) is 68.9 Å². The van der Waals surface area contributed by atoms with Gasteiger partial charge in [-0.1, -0.05) is 54.1 Å². The fourth-order valence-corrected chi connectivity index (χ4v) is 5.16. The molecule has 45 heavy (non-hydrogen) atoms. The van der Waals surface area contributed by atoms with E-state index in [1.807, 2.05) is 68.7 Å². The van der Waals surface area contributed by atoms with Gasteiger partial charge in [-0.2, -0.15) is 0 Å². The molecule has 0 aliphatic carbocycles. The normalized spacial score (nSPS) is 11.6. The van der Waals surface area contributed by atoms with Crippen LogP contribution in [0.25, 0.3) is 22.4 Å². The van der Waals surface area contributed by atoms with Crippen LogP contribution in [0.4, 0.5) is 0 Å². The zero-order valence-corrected chi connectivity index (χ0v) is 26.6. The Balaban J connectivity index is 1.76. The van der Waals surface area contributed by atoms with E-state index in [-0.39, 0.29) is 12.1 Å². The average Bonchev–Trinajstić information content (AvgIpc) is 3.03. The number of nitrogens with zero attached hydrogens (tertiary/aromatic N) is 2. The third-order valence-electron chi connectivity index (χ3n) is 7.12. The van der Waals surface area contributed by atoms with Gasteiger partial charge < -0.3 is 29.5 Å². The van der Waals surface area contributed by atoms with Crippen molar-refractivity contribution < 1.29 is 28.9 Å². The minimum atomic E-state index is -1.01. The van der Waals surface area contributed by atoms with Gasteiger partial charge in [-0.25, -0.2) is 4.98 Å². The topological polar surface area (TPSA) is 110 Å². The van der Waals surface area contributed by atoms with Crippen LogP contribution >= 0.6 is 11.6 Å². The standard InChI is InChI=1S/C35H38ClN3O6/c1-39(2)18-9-19-45-31-21-24(14-16-27(31)36)34-26(33-29(43-3)12-8-13-30(33)44-4)15-17-28(38-34)35(42)37-25(22-32(40)41)20-23-10-6-5-7-11-23/h5-8,10-17,21,25H,9,18-20,22H2,1-4H3,(H,37,42)(H,40,41). The second-order valence-corrected chi connectivity index (χ2v) is 11.1. The van der Waals surface area contributed by atoms with E-state index in [2.05, 4.69) is 10.2 Å². The van der Waals surface area contributed by atoms with Crippen molar-refractivity contribution in [2.45, 2.75) is 25.3 Å². The van der Waals surface area contributed by atoms with E-state index in [0.29, 0.717) is 57.7 Å². The van der Waals surface area contributed by atoms with Gasteiger partial charge in [-0.3, -0.25) is 9.59 Å². The van der Waals surface area contributed by atoms with Gasteiger partial charge in [0.1, 0.15) is 22.9 Å². The molecule has 9 nitrogen and oxygen atoms in total. The van der Waals surface area contributed by atoms with Crippen molar-refractivity contribution in [3.05, 3.63) is 95.1 Å². The molecule has 236 valence electrons. The van der Waals surface area contributed by atoms with Crippen molar-refractivity contribution in [2.24, 2.45) is 0 Å². The molecule has 1 amide bonds. The van der Waals surface area contributed by atoms with E-state index < -0.39 is 17.9 Å². The quantitative estimate of drug-likeness (QED) is 0.149. The van der Waals surface area contributed by atoms with Gasteiger partial charge in [0, 0.05) is 23.7 Å². The Bertz CT molecular complexity index is 1590. The van der Waals surface area contributed by atoms with Gasteiger partial charge in [0.2, 0.25) is 0 Å². The summed E-state index contributed by atoms with van der Waals surface area (Å²) in [4.78, 5) is 32.1. The number of benzene rings is 3. The van der Waals surface area contributed by atoms with Gasteiger partial charge in [0.15, 0.2) is 0 Å². The second-order valence-electron chi connectivity index (χ2n) is 10.7. The first kappa shape index (κ1) is 33.3. The largest absolute Gasteiger partial charge is 0.496 e. The van der Waals surface area contributed by atoms with Crippen LogP contribution < -0.4 is 19.5 Å². The Labute approximate surface area is 268 Å². The molecule has 1 atom stereocenters. The molecule has 0 aliphatic heterocycles. The SMILES string of the molecule is COc1cccc(OC)c1-c1ccc(C(=O)NC(CC(=O)O)Cc2ccccc2)nc1-c1ccc(Cl)c(OCCCN(C)C)c1. The van der Waals surface area contributed by atoms with Crippen molar-refractivity contribution >= 4 is 23.5 Å². The van der Waals surface area contributed by atoms with E-state index in [1.165, 1.54) is 0 Å². The maximum absolute atomic E-state index is 13.6. The molecule has 4 aromatic rings. The zero-order valence-electron chi connectivity index (χ0n) is 25.9. The fourth-order valence-electron chi connectivity index (χ4n) is 4.99. The molecule has 0 spiro atoms. The molecule has 0 saturated carbocycles. The van der Waals surface area contributed by atoms with Crippen LogP contribution in [0.15, 0.2) is 78.9 Å². The van der Waals surface area contributed by atoms with Crippen molar-refractivity contribution in [1.82, 2.24) is 15.2 Å². The molecule has 0 radical (unpaired) electrons. The van der Waals surface area contributed by atoms with Crippen molar-refractivity contribution in [3.8, 4) is 39.6 Å². The number of rotatable bonds is 15. The zero-order chi connectivity index (χ0) is 32.3. The lowest BCUT2D eigenvalue weighted by Gasteiger charge is -2.19. The van der Waals surface area contributed by atoms with Gasteiger partial charge in [0.25, 0.3) is 5.91 Å². The minimum Gasteiger partial charge on any atom is -0.496 e. The smallest absolute Gasteiger partial charge is 0.305 e. The van der Waals surface area contributed by atoms with E-state index in [1.54, 1.807) is 38.5 Å². The first-order valence-electron chi connectivity index (χ1n) is 14.6. The van der Waals surface area contributed by atoms with E-state index in [9.17, 15) is 14.7 Å². The van der Waals surface area contributed by atoms with Crippen molar-refractivity contribution in [3.63, 3.8) is 0 Å². The molecule has 10 heteroatoms. The summed E-state index contributed by atoms with van der Waals surface area (Å²) in [7, 11) is 7.15. The Kier molecular flexibility index (Phi) is 11.8. The van der Waals surface area contributed by atoms with E-state index in [4.69, 9.17) is 30.8 Å². The minimum absolute atomic E-state index is 0.120. The summed E-state index contributed by atoms with van der Waals surface area (Å²) in [5.74, 6) is 0.113. The number of aliphatic carboxylic acids is 1. The number of methoxy groups -OCH3 is 2. The number of pyridine rings is 1. The monoisotopic (exact) mass is 631 g/mol. The van der Waals surface area contributed by atoms with Gasteiger partial charge in [-0.15, -0.1) is 0 Å². The Hall–Kier alpha value is -4.60. The van der Waals surface area contributed by atoms with Crippen molar-refractivity contribution in [2.75, 3.05) is 41.5 Å². The second kappa shape index (κ2) is 15.9. The summed E-state index contributed by atoms with van der Waals surface area (Å²) in [5.41, 5.74) is 3.48. The lowest BCUT2D eigenvalue weighted by Crippen LogP contribution is -2.38. The highest BCUT2D eigenvalue weighted by Crippen LogP contribution is 2.43. The van der Waals surface area contributed by atoms with Crippen LogP contribution in [-0.4, -0.2) is 74.4 Å². The molecule has 3 aromatic carbocycles. The Morgan fingerprint density at radius 3 is 2.29 bits per heavy atom. The number of carboxylic acids is 1. The van der Waals surface area contributed by atoms with Crippen LogP contribution in [0.1, 0.15) is 28.9 Å². The summed E-state index contributed by atoms with van der Waals surface area (Å²) in [5, 5.41) is 12.9. The Morgan fingerprint density at radius 1 is 0.933 bits per heavy atom. The first-order valence-corrected chi connectivity index (χ1v) is 14.9. The summed E-state index contributed by atoms with van der Waals surface area (Å²) < 4.78 is 17.4. The lowest BCUT2D eigenvalue weighted by atomic mass is 9.96. The summed E-state index contributed by atoms with van der Waals surface area (Å²) >= 11 is 6.52. The third kappa shape index (κ3) is 8.97. The maximum Gasteiger partial charge on any atom is 0.305 e. The lowest BCUT2D eigenvalue weighted by molar-refractivity contribution is -0.137. The van der Waals surface area contributed by atoms with Gasteiger partial charge in [0.05, 0.1) is 43.5 Å². The molecule has 4 rings (SSSR count).